The van der Waals surface area contributed by atoms with Crippen LogP contribution >= 0.6 is 12.2 Å². The molecule has 0 unspecified atom stereocenters. The highest BCUT2D eigenvalue weighted by atomic mass is 32.1. The van der Waals surface area contributed by atoms with E-state index in [9.17, 15) is 13.6 Å². The smallest absolute Gasteiger partial charge is 0.243 e. The molecule has 0 saturated heterocycles. The summed E-state index contributed by atoms with van der Waals surface area (Å²) in [6.07, 6.45) is 0. The minimum atomic E-state index is -1.03. The Labute approximate surface area is 153 Å². The second kappa shape index (κ2) is 7.96. The number of rotatable bonds is 5. The van der Waals surface area contributed by atoms with Crippen LogP contribution in [0.15, 0.2) is 36.4 Å². The fraction of sp³-hybridized carbons (Fsp3) is 0.176. The number of carbonyl (C=O) groups excluding carboxylic acids is 1. The van der Waals surface area contributed by atoms with Crippen molar-refractivity contribution in [2.45, 2.75) is 6.54 Å². The zero-order valence-corrected chi connectivity index (χ0v) is 14.3. The Morgan fingerprint density at radius 3 is 2.65 bits per heavy atom. The van der Waals surface area contributed by atoms with Crippen molar-refractivity contribution in [3.8, 4) is 11.5 Å². The second-order valence-electron chi connectivity index (χ2n) is 5.40. The lowest BCUT2D eigenvalue weighted by atomic mass is 10.2. The van der Waals surface area contributed by atoms with E-state index in [1.807, 2.05) is 18.2 Å². The van der Waals surface area contributed by atoms with E-state index >= 15 is 0 Å². The van der Waals surface area contributed by atoms with Crippen LogP contribution in [0.2, 0.25) is 0 Å². The van der Waals surface area contributed by atoms with Crippen molar-refractivity contribution in [2.24, 2.45) is 0 Å². The van der Waals surface area contributed by atoms with Gasteiger partial charge in [-0.3, -0.25) is 4.79 Å². The number of fused-ring (bicyclic) bond motifs is 1. The molecule has 0 radical (unpaired) electrons. The van der Waals surface area contributed by atoms with Gasteiger partial charge in [-0.25, -0.2) is 8.78 Å². The summed E-state index contributed by atoms with van der Waals surface area (Å²) in [5, 5.41) is 8.42. The number of benzene rings is 2. The number of thiocarbonyl (C=S) groups is 1. The van der Waals surface area contributed by atoms with E-state index < -0.39 is 17.5 Å². The lowest BCUT2D eigenvalue weighted by Crippen LogP contribution is -2.39. The van der Waals surface area contributed by atoms with E-state index in [1.54, 1.807) is 0 Å². The number of ether oxygens (including phenoxy) is 2. The average molecular weight is 379 g/mol. The standard InChI is InChI=1S/C17H15F2N3O3S/c18-12-3-2-11(6-13(12)19)22-16(23)8-21-17(26)20-7-10-1-4-14-15(5-10)25-9-24-14/h1-6H,7-9H2,(H,22,23)(H2,20,21,26). The van der Waals surface area contributed by atoms with E-state index in [0.29, 0.717) is 18.0 Å². The molecule has 2 aromatic carbocycles. The molecule has 3 rings (SSSR count). The molecule has 0 aliphatic carbocycles. The zero-order chi connectivity index (χ0) is 18.5. The third-order valence-corrected chi connectivity index (χ3v) is 3.79. The Morgan fingerprint density at radius 2 is 1.85 bits per heavy atom. The molecule has 6 nitrogen and oxygen atoms in total. The lowest BCUT2D eigenvalue weighted by molar-refractivity contribution is -0.115. The first-order chi connectivity index (χ1) is 12.5. The van der Waals surface area contributed by atoms with Gasteiger partial charge in [0.2, 0.25) is 12.7 Å². The van der Waals surface area contributed by atoms with Crippen LogP contribution < -0.4 is 25.4 Å². The van der Waals surface area contributed by atoms with Crippen molar-refractivity contribution < 1.29 is 23.0 Å². The number of hydrogen-bond donors (Lipinski definition) is 3. The average Bonchev–Trinajstić information content (AvgIpc) is 3.09. The molecule has 136 valence electrons. The number of amides is 1. The lowest BCUT2D eigenvalue weighted by Gasteiger charge is -2.11. The van der Waals surface area contributed by atoms with Crippen LogP contribution in [-0.2, 0) is 11.3 Å². The van der Waals surface area contributed by atoms with E-state index in [-0.39, 0.29) is 24.1 Å². The molecule has 1 aliphatic rings. The Bertz CT molecular complexity index is 848. The van der Waals surface area contributed by atoms with Gasteiger partial charge < -0.3 is 25.4 Å². The Balaban J connectivity index is 1.42. The molecule has 0 atom stereocenters. The first kappa shape index (κ1) is 17.9. The summed E-state index contributed by atoms with van der Waals surface area (Å²) in [5.74, 6) is -1.08. The number of hydrogen-bond acceptors (Lipinski definition) is 4. The summed E-state index contributed by atoms with van der Waals surface area (Å²) in [6, 6.07) is 8.64. The topological polar surface area (TPSA) is 71.6 Å². The molecular formula is C17H15F2N3O3S. The first-order valence-corrected chi connectivity index (χ1v) is 8.07. The van der Waals surface area contributed by atoms with Crippen LogP contribution in [0.4, 0.5) is 14.5 Å². The SMILES string of the molecule is O=C(CNC(=S)NCc1ccc2c(c1)OCO2)Nc1ccc(F)c(F)c1. The maximum absolute atomic E-state index is 13.1. The predicted octanol–water partition coefficient (Wildman–Crippen LogP) is 2.30. The maximum atomic E-state index is 13.1. The summed E-state index contributed by atoms with van der Waals surface area (Å²) in [7, 11) is 0. The number of halogens is 2. The van der Waals surface area contributed by atoms with Gasteiger partial charge in [0, 0.05) is 18.3 Å². The highest BCUT2D eigenvalue weighted by Crippen LogP contribution is 2.32. The van der Waals surface area contributed by atoms with Crippen molar-refractivity contribution in [3.63, 3.8) is 0 Å². The van der Waals surface area contributed by atoms with Crippen LogP contribution in [-0.4, -0.2) is 24.4 Å². The molecule has 1 aliphatic heterocycles. The van der Waals surface area contributed by atoms with Gasteiger partial charge in [0.25, 0.3) is 0 Å². The minimum Gasteiger partial charge on any atom is -0.454 e. The monoisotopic (exact) mass is 379 g/mol. The first-order valence-electron chi connectivity index (χ1n) is 7.66. The van der Waals surface area contributed by atoms with Crippen LogP contribution in [0.1, 0.15) is 5.56 Å². The van der Waals surface area contributed by atoms with Gasteiger partial charge in [-0.1, -0.05) is 6.07 Å². The van der Waals surface area contributed by atoms with Crippen LogP contribution in [0, 0.1) is 11.6 Å². The normalized spacial score (nSPS) is 11.8. The van der Waals surface area contributed by atoms with Crippen LogP contribution in [0.3, 0.4) is 0 Å². The van der Waals surface area contributed by atoms with Gasteiger partial charge in [-0.05, 0) is 42.0 Å². The molecule has 1 heterocycles. The molecule has 26 heavy (non-hydrogen) atoms. The molecule has 0 bridgehead atoms. The highest BCUT2D eigenvalue weighted by molar-refractivity contribution is 7.80. The summed E-state index contributed by atoms with van der Waals surface area (Å²) in [6.45, 7) is 0.526. The van der Waals surface area contributed by atoms with Crippen molar-refractivity contribution in [3.05, 3.63) is 53.6 Å². The van der Waals surface area contributed by atoms with Gasteiger partial charge in [0.05, 0.1) is 6.54 Å². The summed E-state index contributed by atoms with van der Waals surface area (Å²) in [4.78, 5) is 11.8. The summed E-state index contributed by atoms with van der Waals surface area (Å²) >= 11 is 5.11. The van der Waals surface area contributed by atoms with Gasteiger partial charge in [0.1, 0.15) is 0 Å². The van der Waals surface area contributed by atoms with E-state index in [0.717, 1.165) is 17.7 Å². The number of carbonyl (C=O) groups is 1. The Hall–Kier alpha value is -2.94. The fourth-order valence-electron chi connectivity index (χ4n) is 2.24. The summed E-state index contributed by atoms with van der Waals surface area (Å²) < 4.78 is 36.5. The van der Waals surface area contributed by atoms with Gasteiger partial charge in [-0.15, -0.1) is 0 Å². The molecule has 9 heteroatoms. The third-order valence-electron chi connectivity index (χ3n) is 3.50. The minimum absolute atomic E-state index is 0.119. The second-order valence-corrected chi connectivity index (χ2v) is 5.81. The third kappa shape index (κ3) is 4.57. The van der Waals surface area contributed by atoms with Crippen molar-refractivity contribution >= 4 is 28.9 Å². The molecule has 0 saturated carbocycles. The number of nitrogens with one attached hydrogen (secondary N) is 3. The Morgan fingerprint density at radius 1 is 1.04 bits per heavy atom. The number of anilines is 1. The van der Waals surface area contributed by atoms with E-state index in [4.69, 9.17) is 21.7 Å². The highest BCUT2D eigenvalue weighted by Gasteiger charge is 2.13. The fourth-order valence-corrected chi connectivity index (χ4v) is 2.38. The molecule has 2 aromatic rings. The van der Waals surface area contributed by atoms with Gasteiger partial charge >= 0.3 is 0 Å². The maximum Gasteiger partial charge on any atom is 0.243 e. The van der Waals surface area contributed by atoms with Gasteiger partial charge in [-0.2, -0.15) is 0 Å². The van der Waals surface area contributed by atoms with Crippen molar-refractivity contribution in [1.82, 2.24) is 10.6 Å². The van der Waals surface area contributed by atoms with Crippen LogP contribution in [0.25, 0.3) is 0 Å². The molecule has 0 aromatic heterocycles. The van der Waals surface area contributed by atoms with E-state index in [2.05, 4.69) is 16.0 Å². The molecule has 3 N–H and O–H groups in total. The van der Waals surface area contributed by atoms with Crippen molar-refractivity contribution in [1.29, 1.82) is 0 Å². The van der Waals surface area contributed by atoms with E-state index in [1.165, 1.54) is 6.07 Å². The summed E-state index contributed by atoms with van der Waals surface area (Å²) in [5.41, 5.74) is 1.10. The predicted molar refractivity (Wildman–Crippen MR) is 95.0 cm³/mol. The molecule has 0 spiro atoms. The Kier molecular flexibility index (Phi) is 5.47. The zero-order valence-electron chi connectivity index (χ0n) is 13.5. The largest absolute Gasteiger partial charge is 0.454 e. The van der Waals surface area contributed by atoms with Gasteiger partial charge in [0.15, 0.2) is 28.2 Å². The molecular weight excluding hydrogens is 364 g/mol. The quantitative estimate of drug-likeness (QED) is 0.693. The molecule has 0 fully saturated rings. The van der Waals surface area contributed by atoms with Crippen molar-refractivity contribution in [2.75, 3.05) is 18.7 Å². The van der Waals surface area contributed by atoms with Crippen LogP contribution in [0.5, 0.6) is 11.5 Å². The molecule has 1 amide bonds.